The van der Waals surface area contributed by atoms with Gasteiger partial charge < -0.3 is 0 Å². The topological polar surface area (TPSA) is 34.9 Å². The van der Waals surface area contributed by atoms with Gasteiger partial charge in [0.25, 0.3) is 0 Å². The quantitative estimate of drug-likeness (QED) is 0.602. The minimum absolute atomic E-state index is 0.182. The van der Waals surface area contributed by atoms with E-state index < -0.39 is 17.3 Å². The molecule has 0 fully saturated rings. The van der Waals surface area contributed by atoms with E-state index in [0.29, 0.717) is 12.2 Å². The molecule has 0 aliphatic heterocycles. The summed E-state index contributed by atoms with van der Waals surface area (Å²) in [5, 5.41) is 0. The normalized spacial score (nSPS) is 11.6. The SMILES string of the molecule is CCCCn1c(-c2ccc(C)cc2)cc(C(F)(F)c2ccccc2)nc1=O. The van der Waals surface area contributed by atoms with Crippen molar-refractivity contribution in [1.29, 1.82) is 0 Å². The van der Waals surface area contributed by atoms with E-state index in [1.54, 1.807) is 18.2 Å². The van der Waals surface area contributed by atoms with Crippen LogP contribution in [0.25, 0.3) is 11.3 Å². The third-order valence-corrected chi connectivity index (χ3v) is 4.55. The first-order valence-electron chi connectivity index (χ1n) is 9.06. The monoisotopic (exact) mass is 368 g/mol. The zero-order chi connectivity index (χ0) is 19.4. The number of nitrogens with zero attached hydrogens (tertiary/aromatic N) is 2. The number of benzene rings is 2. The van der Waals surface area contributed by atoms with E-state index in [-0.39, 0.29) is 5.56 Å². The summed E-state index contributed by atoms with van der Waals surface area (Å²) >= 11 is 0. The van der Waals surface area contributed by atoms with Crippen LogP contribution in [0.1, 0.15) is 36.6 Å². The predicted molar refractivity (Wildman–Crippen MR) is 103 cm³/mol. The van der Waals surface area contributed by atoms with Crippen LogP contribution in [-0.4, -0.2) is 9.55 Å². The summed E-state index contributed by atoms with van der Waals surface area (Å²) in [5.41, 5.74) is 0.896. The molecule has 0 spiro atoms. The van der Waals surface area contributed by atoms with Crippen molar-refractivity contribution in [3.05, 3.63) is 88.0 Å². The van der Waals surface area contributed by atoms with Crippen molar-refractivity contribution in [2.75, 3.05) is 0 Å². The Balaban J connectivity index is 2.17. The summed E-state index contributed by atoms with van der Waals surface area (Å²) in [6.45, 7) is 4.42. The Kier molecular flexibility index (Phi) is 5.49. The molecule has 0 radical (unpaired) electrons. The van der Waals surface area contributed by atoms with Crippen LogP contribution in [0.3, 0.4) is 0 Å². The highest BCUT2D eigenvalue weighted by Gasteiger charge is 2.36. The minimum Gasteiger partial charge on any atom is -0.292 e. The molecule has 27 heavy (non-hydrogen) atoms. The molecule has 0 amide bonds. The van der Waals surface area contributed by atoms with Crippen molar-refractivity contribution in [2.24, 2.45) is 0 Å². The van der Waals surface area contributed by atoms with Gasteiger partial charge in [0.1, 0.15) is 5.69 Å². The molecule has 0 aliphatic carbocycles. The van der Waals surface area contributed by atoms with Gasteiger partial charge in [-0.3, -0.25) is 4.57 Å². The summed E-state index contributed by atoms with van der Waals surface area (Å²) < 4.78 is 31.5. The lowest BCUT2D eigenvalue weighted by Gasteiger charge is -2.19. The summed E-state index contributed by atoms with van der Waals surface area (Å²) in [7, 11) is 0. The van der Waals surface area contributed by atoms with E-state index in [0.717, 1.165) is 24.0 Å². The van der Waals surface area contributed by atoms with Crippen LogP contribution in [0.4, 0.5) is 8.78 Å². The van der Waals surface area contributed by atoms with Gasteiger partial charge in [-0.05, 0) is 25.0 Å². The summed E-state index contributed by atoms with van der Waals surface area (Å²) in [6, 6.07) is 16.3. The summed E-state index contributed by atoms with van der Waals surface area (Å²) in [4.78, 5) is 16.3. The van der Waals surface area contributed by atoms with Crippen molar-refractivity contribution in [2.45, 2.75) is 39.2 Å². The molecule has 3 aromatic rings. The number of halogens is 2. The van der Waals surface area contributed by atoms with E-state index in [1.165, 1.54) is 22.8 Å². The highest BCUT2D eigenvalue weighted by molar-refractivity contribution is 5.60. The van der Waals surface area contributed by atoms with Crippen LogP contribution in [0.5, 0.6) is 0 Å². The molecule has 3 rings (SSSR count). The first kappa shape index (κ1) is 19.0. The van der Waals surface area contributed by atoms with Crippen molar-refractivity contribution in [1.82, 2.24) is 9.55 Å². The Morgan fingerprint density at radius 2 is 1.70 bits per heavy atom. The fraction of sp³-hybridized carbons (Fsp3) is 0.273. The third-order valence-electron chi connectivity index (χ3n) is 4.55. The first-order valence-corrected chi connectivity index (χ1v) is 9.06. The van der Waals surface area contributed by atoms with E-state index in [2.05, 4.69) is 4.98 Å². The smallest absolute Gasteiger partial charge is 0.292 e. The van der Waals surface area contributed by atoms with Gasteiger partial charge in [-0.25, -0.2) is 4.79 Å². The molecule has 0 aliphatic rings. The van der Waals surface area contributed by atoms with Gasteiger partial charge in [0, 0.05) is 12.1 Å². The van der Waals surface area contributed by atoms with Crippen molar-refractivity contribution < 1.29 is 8.78 Å². The molecule has 5 heteroatoms. The zero-order valence-corrected chi connectivity index (χ0v) is 15.5. The maximum atomic E-state index is 15.0. The average Bonchev–Trinajstić information content (AvgIpc) is 2.68. The molecule has 0 bridgehead atoms. The minimum atomic E-state index is -3.34. The van der Waals surface area contributed by atoms with Crippen molar-refractivity contribution in [3.63, 3.8) is 0 Å². The van der Waals surface area contributed by atoms with Gasteiger partial charge >= 0.3 is 11.6 Å². The Hall–Kier alpha value is -2.82. The van der Waals surface area contributed by atoms with Crippen molar-refractivity contribution in [3.8, 4) is 11.3 Å². The standard InChI is InChI=1S/C22H22F2N2O/c1-3-4-14-26-19(17-12-10-16(2)11-13-17)15-20(25-21(26)27)22(23,24)18-8-6-5-7-9-18/h5-13,15H,3-4,14H2,1-2H3. The van der Waals surface area contributed by atoms with Crippen LogP contribution in [0, 0.1) is 6.92 Å². The number of hydrogen-bond acceptors (Lipinski definition) is 2. The molecule has 1 aromatic heterocycles. The Bertz CT molecular complexity index is 964. The Labute approximate surface area is 157 Å². The van der Waals surface area contributed by atoms with Gasteiger partial charge in [-0.2, -0.15) is 13.8 Å². The van der Waals surface area contributed by atoms with Gasteiger partial charge in [0.05, 0.1) is 5.69 Å². The second-order valence-electron chi connectivity index (χ2n) is 6.62. The van der Waals surface area contributed by atoms with Crippen LogP contribution >= 0.6 is 0 Å². The van der Waals surface area contributed by atoms with E-state index >= 15 is 8.78 Å². The first-order chi connectivity index (χ1) is 12.9. The van der Waals surface area contributed by atoms with E-state index in [9.17, 15) is 4.79 Å². The highest BCUT2D eigenvalue weighted by Crippen LogP contribution is 2.35. The molecule has 140 valence electrons. The zero-order valence-electron chi connectivity index (χ0n) is 15.5. The highest BCUT2D eigenvalue weighted by atomic mass is 19.3. The van der Waals surface area contributed by atoms with Gasteiger partial charge in [-0.15, -0.1) is 0 Å². The Morgan fingerprint density at radius 3 is 2.33 bits per heavy atom. The fourth-order valence-electron chi connectivity index (χ4n) is 2.96. The number of unbranched alkanes of at least 4 members (excludes halogenated alkanes) is 1. The number of rotatable bonds is 6. The van der Waals surface area contributed by atoms with Crippen LogP contribution in [0.15, 0.2) is 65.5 Å². The molecule has 0 atom stereocenters. The van der Waals surface area contributed by atoms with E-state index in [1.807, 2.05) is 38.1 Å². The second-order valence-corrected chi connectivity index (χ2v) is 6.62. The average molecular weight is 368 g/mol. The summed E-state index contributed by atoms with van der Waals surface area (Å²) in [6.07, 6.45) is 1.66. The largest absolute Gasteiger partial charge is 0.348 e. The number of hydrogen-bond donors (Lipinski definition) is 0. The van der Waals surface area contributed by atoms with Crippen LogP contribution in [-0.2, 0) is 12.5 Å². The molecular formula is C22H22F2N2O. The van der Waals surface area contributed by atoms with E-state index in [4.69, 9.17) is 0 Å². The number of aryl methyl sites for hydroxylation is 1. The molecular weight excluding hydrogens is 346 g/mol. The molecule has 0 N–H and O–H groups in total. The molecule has 0 unspecified atom stereocenters. The molecule has 2 aromatic carbocycles. The lowest BCUT2D eigenvalue weighted by Crippen LogP contribution is -2.30. The molecule has 0 saturated heterocycles. The predicted octanol–water partition coefficient (Wildman–Crippen LogP) is 5.16. The van der Waals surface area contributed by atoms with Crippen molar-refractivity contribution >= 4 is 0 Å². The van der Waals surface area contributed by atoms with Gasteiger partial charge in [-0.1, -0.05) is 73.5 Å². The molecule has 1 heterocycles. The van der Waals surface area contributed by atoms with Crippen LogP contribution < -0.4 is 5.69 Å². The molecule has 0 saturated carbocycles. The maximum absolute atomic E-state index is 15.0. The number of alkyl halides is 2. The maximum Gasteiger partial charge on any atom is 0.348 e. The second kappa shape index (κ2) is 7.82. The lowest BCUT2D eigenvalue weighted by atomic mass is 10.0. The summed E-state index contributed by atoms with van der Waals surface area (Å²) in [5.74, 6) is -3.34. The third kappa shape index (κ3) is 3.97. The van der Waals surface area contributed by atoms with Crippen LogP contribution in [0.2, 0.25) is 0 Å². The fourth-order valence-corrected chi connectivity index (χ4v) is 2.96. The Morgan fingerprint density at radius 1 is 1.04 bits per heavy atom. The number of aromatic nitrogens is 2. The lowest BCUT2D eigenvalue weighted by molar-refractivity contribution is 0.0374. The van der Waals surface area contributed by atoms with Gasteiger partial charge in [0.2, 0.25) is 0 Å². The molecule has 3 nitrogen and oxygen atoms in total. The van der Waals surface area contributed by atoms with Gasteiger partial charge in [0.15, 0.2) is 0 Å².